The number of anilines is 1. The predicted octanol–water partition coefficient (Wildman–Crippen LogP) is 1.23. The summed E-state index contributed by atoms with van der Waals surface area (Å²) in [5, 5.41) is 2.97. The van der Waals surface area contributed by atoms with E-state index in [1.54, 1.807) is 7.11 Å². The molecule has 0 aliphatic heterocycles. The molecule has 0 saturated heterocycles. The Hall–Kier alpha value is -1.22. The van der Waals surface area contributed by atoms with Crippen LogP contribution >= 0.6 is 0 Å². The minimum Gasteiger partial charge on any atom is -0.495 e. The van der Waals surface area contributed by atoms with E-state index < -0.39 is 0 Å². The molecule has 3 heteroatoms. The third-order valence-electron chi connectivity index (χ3n) is 1.45. The Balaban J connectivity index is 2.82. The molecule has 0 fully saturated rings. The minimum atomic E-state index is -0.318. The van der Waals surface area contributed by atoms with Crippen LogP contribution in [0.15, 0.2) is 24.3 Å². The Kier molecular flexibility index (Phi) is 2.94. The topological polar surface area (TPSA) is 47.3 Å². The first-order chi connectivity index (χ1) is 5.74. The molecule has 3 nitrogen and oxygen atoms in total. The zero-order valence-corrected chi connectivity index (χ0v) is 7.08. The van der Waals surface area contributed by atoms with Crippen molar-refractivity contribution >= 4 is 5.69 Å². The third kappa shape index (κ3) is 2.13. The van der Waals surface area contributed by atoms with Crippen LogP contribution in [-0.2, 0) is 0 Å². The molecule has 0 saturated carbocycles. The number of nitrogens with two attached hydrogens (primary N) is 1. The molecule has 1 aromatic carbocycles. The van der Waals surface area contributed by atoms with E-state index in [4.69, 9.17) is 10.5 Å². The first kappa shape index (κ1) is 8.87. The van der Waals surface area contributed by atoms with Gasteiger partial charge in [-0.25, -0.2) is 0 Å². The minimum absolute atomic E-state index is 0.318. The second-order valence-corrected chi connectivity index (χ2v) is 2.45. The van der Waals surface area contributed by atoms with Crippen LogP contribution in [0.3, 0.4) is 0 Å². The number of hydrogen-bond donors (Lipinski definition) is 2. The molecule has 0 amide bonds. The van der Waals surface area contributed by atoms with Gasteiger partial charge in [0.15, 0.2) is 0 Å². The molecule has 1 aromatic rings. The number of para-hydroxylation sites is 2. The van der Waals surface area contributed by atoms with Crippen LogP contribution in [0.1, 0.15) is 0 Å². The summed E-state index contributed by atoms with van der Waals surface area (Å²) in [6, 6.07) is 7.57. The van der Waals surface area contributed by atoms with Gasteiger partial charge in [-0.05, 0) is 19.1 Å². The van der Waals surface area contributed by atoms with Gasteiger partial charge in [0.2, 0.25) is 0 Å². The van der Waals surface area contributed by atoms with Crippen LogP contribution in [0.25, 0.3) is 0 Å². The number of nitrogens with one attached hydrogen (secondary N) is 1. The van der Waals surface area contributed by atoms with Crippen LogP contribution in [0.5, 0.6) is 5.75 Å². The van der Waals surface area contributed by atoms with Crippen molar-refractivity contribution in [1.29, 1.82) is 0 Å². The van der Waals surface area contributed by atoms with Crippen molar-refractivity contribution in [3.63, 3.8) is 0 Å². The van der Waals surface area contributed by atoms with Crippen molar-refractivity contribution < 1.29 is 4.74 Å². The largest absolute Gasteiger partial charge is 0.495 e. The summed E-state index contributed by atoms with van der Waals surface area (Å²) in [4.78, 5) is 0. The molecule has 1 radical (unpaired) electrons. The van der Waals surface area contributed by atoms with Crippen LogP contribution < -0.4 is 15.8 Å². The normalized spacial score (nSPS) is 12.2. The predicted molar refractivity (Wildman–Crippen MR) is 49.9 cm³/mol. The summed E-state index contributed by atoms with van der Waals surface area (Å²) in [5.41, 5.74) is 6.33. The molecule has 0 aliphatic rings. The van der Waals surface area contributed by atoms with Gasteiger partial charge in [0.05, 0.1) is 19.0 Å². The van der Waals surface area contributed by atoms with Gasteiger partial charge in [0.1, 0.15) is 5.75 Å². The lowest BCUT2D eigenvalue weighted by molar-refractivity contribution is 0.416. The van der Waals surface area contributed by atoms with Gasteiger partial charge < -0.3 is 15.8 Å². The fourth-order valence-corrected chi connectivity index (χ4v) is 0.964. The number of methoxy groups -OCH3 is 1. The van der Waals surface area contributed by atoms with Crippen LogP contribution in [0.4, 0.5) is 5.69 Å². The third-order valence-corrected chi connectivity index (χ3v) is 1.45. The molecule has 1 unspecified atom stereocenters. The molecule has 0 bridgehead atoms. The Morgan fingerprint density at radius 2 is 2.17 bits per heavy atom. The van der Waals surface area contributed by atoms with Crippen molar-refractivity contribution in [1.82, 2.24) is 0 Å². The maximum Gasteiger partial charge on any atom is 0.141 e. The number of rotatable bonds is 3. The van der Waals surface area contributed by atoms with Crippen molar-refractivity contribution in [3.05, 3.63) is 31.2 Å². The molecule has 12 heavy (non-hydrogen) atoms. The Labute approximate surface area is 72.5 Å². The Morgan fingerprint density at radius 3 is 2.75 bits per heavy atom. The van der Waals surface area contributed by atoms with Crippen molar-refractivity contribution in [3.8, 4) is 5.75 Å². The molecule has 65 valence electrons. The van der Waals surface area contributed by atoms with E-state index in [0.717, 1.165) is 11.4 Å². The molecule has 0 aliphatic carbocycles. The summed E-state index contributed by atoms with van der Waals surface area (Å²) in [6.07, 6.45) is -0.318. The molecule has 1 rings (SSSR count). The summed E-state index contributed by atoms with van der Waals surface area (Å²) >= 11 is 0. The van der Waals surface area contributed by atoms with Gasteiger partial charge in [-0.3, -0.25) is 0 Å². The summed E-state index contributed by atoms with van der Waals surface area (Å²) < 4.78 is 5.10. The monoisotopic (exact) mass is 165 g/mol. The fourth-order valence-electron chi connectivity index (χ4n) is 0.964. The van der Waals surface area contributed by atoms with Crippen LogP contribution in [0, 0.1) is 6.92 Å². The van der Waals surface area contributed by atoms with E-state index in [9.17, 15) is 0 Å². The van der Waals surface area contributed by atoms with E-state index in [-0.39, 0.29) is 6.17 Å². The Morgan fingerprint density at radius 1 is 1.50 bits per heavy atom. The molecule has 3 N–H and O–H groups in total. The second kappa shape index (κ2) is 3.97. The van der Waals surface area contributed by atoms with Crippen LogP contribution in [-0.4, -0.2) is 13.3 Å². The quantitative estimate of drug-likeness (QED) is 0.662. The number of benzene rings is 1. The highest BCUT2D eigenvalue weighted by Crippen LogP contribution is 2.22. The van der Waals surface area contributed by atoms with E-state index in [2.05, 4.69) is 12.2 Å². The number of hydrogen-bond acceptors (Lipinski definition) is 3. The van der Waals surface area contributed by atoms with Gasteiger partial charge >= 0.3 is 0 Å². The zero-order valence-electron chi connectivity index (χ0n) is 7.08. The van der Waals surface area contributed by atoms with Gasteiger partial charge in [0, 0.05) is 0 Å². The van der Waals surface area contributed by atoms with Gasteiger partial charge in [-0.15, -0.1) is 0 Å². The lowest BCUT2D eigenvalue weighted by Gasteiger charge is -2.12. The van der Waals surface area contributed by atoms with E-state index in [1.165, 1.54) is 0 Å². The van der Waals surface area contributed by atoms with Gasteiger partial charge in [0.25, 0.3) is 0 Å². The molecular weight excluding hydrogens is 152 g/mol. The summed E-state index contributed by atoms with van der Waals surface area (Å²) in [6.45, 7) is 3.62. The molecule has 0 spiro atoms. The van der Waals surface area contributed by atoms with Crippen molar-refractivity contribution in [2.24, 2.45) is 5.73 Å². The number of ether oxygens (including phenoxy) is 1. The van der Waals surface area contributed by atoms with Crippen molar-refractivity contribution in [2.45, 2.75) is 6.17 Å². The molecular formula is C9H13N2O. The molecule has 0 heterocycles. The summed E-state index contributed by atoms with van der Waals surface area (Å²) in [5.74, 6) is 0.775. The highest BCUT2D eigenvalue weighted by Gasteiger charge is 2.01. The lowest BCUT2D eigenvalue weighted by atomic mass is 10.3. The molecule has 0 aromatic heterocycles. The van der Waals surface area contributed by atoms with E-state index in [1.807, 2.05) is 24.3 Å². The van der Waals surface area contributed by atoms with Gasteiger partial charge in [-0.1, -0.05) is 12.1 Å². The molecule has 1 atom stereocenters. The first-order valence-electron chi connectivity index (χ1n) is 3.72. The second-order valence-electron chi connectivity index (χ2n) is 2.45. The SMILES string of the molecule is [CH2]C(N)Nc1ccccc1OC. The first-order valence-corrected chi connectivity index (χ1v) is 3.72. The highest BCUT2D eigenvalue weighted by molar-refractivity contribution is 5.56. The average Bonchev–Trinajstić information content (AvgIpc) is 2.04. The van der Waals surface area contributed by atoms with Crippen molar-refractivity contribution in [2.75, 3.05) is 12.4 Å². The van der Waals surface area contributed by atoms with E-state index in [0.29, 0.717) is 0 Å². The standard InChI is InChI=1S/C9H13N2O/c1-7(10)11-8-5-3-4-6-9(8)12-2/h3-7,11H,1,10H2,2H3. The smallest absolute Gasteiger partial charge is 0.141 e. The van der Waals surface area contributed by atoms with E-state index >= 15 is 0 Å². The van der Waals surface area contributed by atoms with Crippen LogP contribution in [0.2, 0.25) is 0 Å². The van der Waals surface area contributed by atoms with Gasteiger partial charge in [-0.2, -0.15) is 0 Å². The lowest BCUT2D eigenvalue weighted by Crippen LogP contribution is -2.25. The zero-order chi connectivity index (χ0) is 8.97. The average molecular weight is 165 g/mol. The Bertz CT molecular complexity index is 248. The summed E-state index contributed by atoms with van der Waals surface area (Å²) in [7, 11) is 1.62. The maximum absolute atomic E-state index is 5.47. The fraction of sp³-hybridized carbons (Fsp3) is 0.222. The highest BCUT2D eigenvalue weighted by atomic mass is 16.5. The maximum atomic E-state index is 5.47.